The molecule has 0 unspecified atom stereocenters. The van der Waals surface area contributed by atoms with Gasteiger partial charge in [-0.15, -0.1) is 0 Å². The third kappa shape index (κ3) is 5.09. The van der Waals surface area contributed by atoms with Gasteiger partial charge >= 0.3 is 0 Å². The topological polar surface area (TPSA) is 41.6 Å². The van der Waals surface area contributed by atoms with Crippen LogP contribution in [0.4, 0.5) is 0 Å². The fraction of sp³-hybridized carbons (Fsp3) is 0.409. The highest BCUT2D eigenvalue weighted by Crippen LogP contribution is 2.16. The van der Waals surface area contributed by atoms with E-state index in [2.05, 4.69) is 22.3 Å². The summed E-state index contributed by atoms with van der Waals surface area (Å²) in [6, 6.07) is 15.8. The SMILES string of the molecule is Cc1ccccc1OC[C@@H](C)NC(=O)c1ccc(CN2CCCC2)cc1. The van der Waals surface area contributed by atoms with E-state index in [0.717, 1.165) is 17.9 Å². The van der Waals surface area contributed by atoms with E-state index < -0.39 is 0 Å². The van der Waals surface area contributed by atoms with Crippen molar-refractivity contribution < 1.29 is 9.53 Å². The summed E-state index contributed by atoms with van der Waals surface area (Å²) in [6.45, 7) is 7.76. The first-order valence-corrected chi connectivity index (χ1v) is 9.42. The largest absolute Gasteiger partial charge is 0.491 e. The highest BCUT2D eigenvalue weighted by Gasteiger charge is 2.13. The fourth-order valence-electron chi connectivity index (χ4n) is 3.24. The van der Waals surface area contributed by atoms with Crippen LogP contribution < -0.4 is 10.1 Å². The van der Waals surface area contributed by atoms with Gasteiger partial charge in [0.1, 0.15) is 12.4 Å². The number of para-hydroxylation sites is 1. The molecule has 0 spiro atoms. The van der Waals surface area contributed by atoms with Crippen molar-refractivity contribution in [1.82, 2.24) is 10.2 Å². The maximum absolute atomic E-state index is 12.4. The van der Waals surface area contributed by atoms with Crippen LogP contribution in [0.2, 0.25) is 0 Å². The molecule has 1 N–H and O–H groups in total. The molecule has 3 rings (SSSR count). The summed E-state index contributed by atoms with van der Waals surface area (Å²) in [7, 11) is 0. The lowest BCUT2D eigenvalue weighted by Gasteiger charge is -2.17. The first-order chi connectivity index (χ1) is 12.6. The average molecular weight is 352 g/mol. The third-order valence-corrected chi connectivity index (χ3v) is 4.78. The van der Waals surface area contributed by atoms with Gasteiger partial charge in [-0.2, -0.15) is 0 Å². The van der Waals surface area contributed by atoms with Crippen LogP contribution in [-0.4, -0.2) is 36.5 Å². The number of nitrogens with one attached hydrogen (secondary N) is 1. The number of carbonyl (C=O) groups excluding carboxylic acids is 1. The minimum absolute atomic E-state index is 0.0568. The molecule has 1 saturated heterocycles. The van der Waals surface area contributed by atoms with E-state index >= 15 is 0 Å². The Hall–Kier alpha value is -2.33. The lowest BCUT2D eigenvalue weighted by molar-refractivity contribution is 0.0926. The Morgan fingerprint density at radius 1 is 1.12 bits per heavy atom. The molecule has 1 heterocycles. The zero-order chi connectivity index (χ0) is 18.4. The van der Waals surface area contributed by atoms with Crippen LogP contribution in [0, 0.1) is 6.92 Å². The highest BCUT2D eigenvalue weighted by molar-refractivity contribution is 5.94. The van der Waals surface area contributed by atoms with Crippen molar-refractivity contribution in [2.45, 2.75) is 39.3 Å². The Balaban J connectivity index is 1.48. The summed E-state index contributed by atoms with van der Waals surface area (Å²) in [5.74, 6) is 0.804. The number of hydrogen-bond acceptors (Lipinski definition) is 3. The molecule has 1 amide bonds. The Morgan fingerprint density at radius 3 is 2.50 bits per heavy atom. The second-order valence-corrected chi connectivity index (χ2v) is 7.13. The molecule has 0 aromatic heterocycles. The van der Waals surface area contributed by atoms with Crippen LogP contribution >= 0.6 is 0 Å². The normalized spacial score (nSPS) is 15.6. The van der Waals surface area contributed by atoms with Gasteiger partial charge in [-0.3, -0.25) is 9.69 Å². The highest BCUT2D eigenvalue weighted by atomic mass is 16.5. The summed E-state index contributed by atoms with van der Waals surface area (Å²) < 4.78 is 5.81. The van der Waals surface area contributed by atoms with Crippen molar-refractivity contribution in [3.63, 3.8) is 0 Å². The molecule has 4 nitrogen and oxygen atoms in total. The minimum Gasteiger partial charge on any atom is -0.491 e. The molecular weight excluding hydrogens is 324 g/mol. The van der Waals surface area contributed by atoms with Gasteiger partial charge in [0.15, 0.2) is 0 Å². The third-order valence-electron chi connectivity index (χ3n) is 4.78. The van der Waals surface area contributed by atoms with Crippen LogP contribution in [0.5, 0.6) is 5.75 Å². The predicted octanol–water partition coefficient (Wildman–Crippen LogP) is 3.79. The molecule has 0 aliphatic carbocycles. The second-order valence-electron chi connectivity index (χ2n) is 7.13. The van der Waals surface area contributed by atoms with E-state index in [9.17, 15) is 4.79 Å². The maximum atomic E-state index is 12.4. The Bertz CT molecular complexity index is 721. The minimum atomic E-state index is -0.0635. The number of likely N-dealkylation sites (tertiary alicyclic amines) is 1. The zero-order valence-electron chi connectivity index (χ0n) is 15.7. The number of hydrogen-bond donors (Lipinski definition) is 1. The summed E-state index contributed by atoms with van der Waals surface area (Å²) in [6.07, 6.45) is 2.59. The molecule has 1 atom stereocenters. The molecule has 1 aliphatic heterocycles. The Kier molecular flexibility index (Phi) is 6.29. The lowest BCUT2D eigenvalue weighted by Crippen LogP contribution is -2.36. The molecule has 2 aromatic carbocycles. The van der Waals surface area contributed by atoms with Crippen molar-refractivity contribution in [2.75, 3.05) is 19.7 Å². The number of carbonyl (C=O) groups is 1. The quantitative estimate of drug-likeness (QED) is 0.824. The van der Waals surface area contributed by atoms with Crippen molar-refractivity contribution in [3.8, 4) is 5.75 Å². The zero-order valence-corrected chi connectivity index (χ0v) is 15.7. The smallest absolute Gasteiger partial charge is 0.251 e. The average Bonchev–Trinajstić information content (AvgIpc) is 3.14. The van der Waals surface area contributed by atoms with Crippen LogP contribution in [-0.2, 0) is 6.54 Å². The van der Waals surface area contributed by atoms with E-state index in [1.807, 2.05) is 50.2 Å². The Morgan fingerprint density at radius 2 is 1.81 bits per heavy atom. The first-order valence-electron chi connectivity index (χ1n) is 9.42. The second kappa shape index (κ2) is 8.86. The monoisotopic (exact) mass is 352 g/mol. The molecule has 2 aromatic rings. The Labute approximate surface area is 156 Å². The number of benzene rings is 2. The van der Waals surface area contributed by atoms with Crippen LogP contribution in [0.25, 0.3) is 0 Å². The van der Waals surface area contributed by atoms with E-state index in [1.54, 1.807) is 0 Å². The summed E-state index contributed by atoms with van der Waals surface area (Å²) >= 11 is 0. The molecule has 1 fully saturated rings. The molecular formula is C22H28N2O2. The molecule has 26 heavy (non-hydrogen) atoms. The predicted molar refractivity (Wildman–Crippen MR) is 105 cm³/mol. The maximum Gasteiger partial charge on any atom is 0.251 e. The van der Waals surface area contributed by atoms with Crippen LogP contribution in [0.15, 0.2) is 48.5 Å². The van der Waals surface area contributed by atoms with Gasteiger partial charge in [0.25, 0.3) is 5.91 Å². The van der Waals surface area contributed by atoms with Crippen LogP contribution in [0.1, 0.15) is 41.3 Å². The van der Waals surface area contributed by atoms with Crippen molar-refractivity contribution >= 4 is 5.91 Å². The summed E-state index contributed by atoms with van der Waals surface area (Å²) in [4.78, 5) is 14.9. The number of amides is 1. The van der Waals surface area contributed by atoms with Gasteiger partial charge in [-0.05, 0) is 69.1 Å². The number of rotatable bonds is 7. The molecule has 138 valence electrons. The van der Waals surface area contributed by atoms with Crippen molar-refractivity contribution in [3.05, 3.63) is 65.2 Å². The van der Waals surface area contributed by atoms with Gasteiger partial charge in [-0.25, -0.2) is 0 Å². The molecule has 4 heteroatoms. The van der Waals surface area contributed by atoms with E-state index in [0.29, 0.717) is 12.2 Å². The lowest BCUT2D eigenvalue weighted by atomic mass is 10.1. The van der Waals surface area contributed by atoms with Crippen LogP contribution in [0.3, 0.4) is 0 Å². The van der Waals surface area contributed by atoms with E-state index in [1.165, 1.54) is 31.5 Å². The number of nitrogens with zero attached hydrogens (tertiary/aromatic N) is 1. The summed E-state index contributed by atoms with van der Waals surface area (Å²) in [5, 5.41) is 3.00. The fourth-order valence-corrected chi connectivity index (χ4v) is 3.24. The van der Waals surface area contributed by atoms with Crippen molar-refractivity contribution in [1.29, 1.82) is 0 Å². The first kappa shape index (κ1) is 18.5. The van der Waals surface area contributed by atoms with Gasteiger partial charge in [0, 0.05) is 12.1 Å². The summed E-state index contributed by atoms with van der Waals surface area (Å²) in [5.41, 5.74) is 3.05. The standard InChI is InChI=1S/C22H28N2O2/c1-17-7-3-4-8-21(17)26-16-18(2)23-22(25)20-11-9-19(10-12-20)15-24-13-5-6-14-24/h3-4,7-12,18H,5-6,13-16H2,1-2H3,(H,23,25)/t18-/m1/s1. The van der Waals surface area contributed by atoms with Gasteiger partial charge < -0.3 is 10.1 Å². The van der Waals surface area contributed by atoms with E-state index in [-0.39, 0.29) is 11.9 Å². The van der Waals surface area contributed by atoms with E-state index in [4.69, 9.17) is 4.74 Å². The van der Waals surface area contributed by atoms with Gasteiger partial charge in [0.2, 0.25) is 0 Å². The number of ether oxygens (including phenoxy) is 1. The number of aryl methyl sites for hydroxylation is 1. The molecule has 1 aliphatic rings. The van der Waals surface area contributed by atoms with Gasteiger partial charge in [-0.1, -0.05) is 30.3 Å². The molecule has 0 radical (unpaired) electrons. The van der Waals surface area contributed by atoms with Crippen molar-refractivity contribution in [2.24, 2.45) is 0 Å². The molecule has 0 bridgehead atoms. The van der Waals surface area contributed by atoms with Gasteiger partial charge in [0.05, 0.1) is 6.04 Å². The molecule has 0 saturated carbocycles.